The van der Waals surface area contributed by atoms with Crippen LogP contribution >= 0.6 is 24.0 Å². The van der Waals surface area contributed by atoms with Gasteiger partial charge >= 0.3 is 0 Å². The van der Waals surface area contributed by atoms with Gasteiger partial charge in [0.05, 0.1) is 6.10 Å². The molecule has 7 heteroatoms. The standard InChI is InChI=1S/C22H38N4O2.HI/c1-4-25(20-10-6-5-7-11-20)15-8-14-24-22(23-2)26-16-12-21(13-17-26)28-19-9-18-27-3;/h5-7,10-11,21H,4,8-9,12-19H2,1-3H3,(H,23,24);1H. The fourth-order valence-electron chi connectivity index (χ4n) is 3.60. The number of anilines is 1. The van der Waals surface area contributed by atoms with E-state index < -0.39 is 0 Å². The van der Waals surface area contributed by atoms with Crippen molar-refractivity contribution in [2.24, 2.45) is 4.99 Å². The predicted octanol–water partition coefficient (Wildman–Crippen LogP) is 3.61. The first-order chi connectivity index (χ1) is 13.8. The van der Waals surface area contributed by atoms with Crippen molar-refractivity contribution < 1.29 is 9.47 Å². The fourth-order valence-corrected chi connectivity index (χ4v) is 3.60. The summed E-state index contributed by atoms with van der Waals surface area (Å²) in [6.45, 7) is 8.78. The molecule has 1 aliphatic heterocycles. The van der Waals surface area contributed by atoms with Crippen LogP contribution < -0.4 is 10.2 Å². The van der Waals surface area contributed by atoms with Gasteiger partial charge in [-0.25, -0.2) is 0 Å². The van der Waals surface area contributed by atoms with E-state index in [9.17, 15) is 0 Å². The molecule has 0 saturated carbocycles. The van der Waals surface area contributed by atoms with E-state index in [0.717, 1.165) is 77.6 Å². The van der Waals surface area contributed by atoms with Crippen molar-refractivity contribution in [3.8, 4) is 0 Å². The summed E-state index contributed by atoms with van der Waals surface area (Å²) in [6.07, 6.45) is 4.55. The van der Waals surface area contributed by atoms with Gasteiger partial charge in [0.15, 0.2) is 5.96 Å². The lowest BCUT2D eigenvalue weighted by atomic mass is 10.1. The van der Waals surface area contributed by atoms with Crippen LogP contribution in [-0.4, -0.2) is 77.1 Å². The zero-order valence-corrected chi connectivity index (χ0v) is 20.6. The van der Waals surface area contributed by atoms with Crippen molar-refractivity contribution in [2.75, 3.05) is 65.0 Å². The number of hydrogen-bond donors (Lipinski definition) is 1. The van der Waals surface area contributed by atoms with Crippen LogP contribution in [0.1, 0.15) is 32.6 Å². The Labute approximate surface area is 194 Å². The molecule has 0 spiro atoms. The van der Waals surface area contributed by atoms with Gasteiger partial charge in [-0.1, -0.05) is 18.2 Å². The van der Waals surface area contributed by atoms with Gasteiger partial charge in [0.2, 0.25) is 0 Å². The number of guanidine groups is 1. The summed E-state index contributed by atoms with van der Waals surface area (Å²) in [5.74, 6) is 1.01. The average Bonchev–Trinajstić information content (AvgIpc) is 2.75. The van der Waals surface area contributed by atoms with Gasteiger partial charge in [-0.3, -0.25) is 4.99 Å². The van der Waals surface area contributed by atoms with E-state index >= 15 is 0 Å². The van der Waals surface area contributed by atoms with Crippen LogP contribution in [0.3, 0.4) is 0 Å². The van der Waals surface area contributed by atoms with Gasteiger partial charge in [-0.05, 0) is 44.7 Å². The Hall–Kier alpha value is -1.06. The van der Waals surface area contributed by atoms with Gasteiger partial charge in [0.25, 0.3) is 0 Å². The largest absolute Gasteiger partial charge is 0.385 e. The molecule has 29 heavy (non-hydrogen) atoms. The zero-order chi connectivity index (χ0) is 20.0. The monoisotopic (exact) mass is 518 g/mol. The number of piperidine rings is 1. The van der Waals surface area contributed by atoms with E-state index in [1.165, 1.54) is 5.69 Å². The normalized spacial score (nSPS) is 15.1. The van der Waals surface area contributed by atoms with Crippen molar-refractivity contribution >= 4 is 35.6 Å². The van der Waals surface area contributed by atoms with Gasteiger partial charge in [-0.15, -0.1) is 24.0 Å². The van der Waals surface area contributed by atoms with Crippen LogP contribution in [-0.2, 0) is 9.47 Å². The van der Waals surface area contributed by atoms with Crippen LogP contribution in [0.25, 0.3) is 0 Å². The van der Waals surface area contributed by atoms with Gasteiger partial charge < -0.3 is 24.6 Å². The number of ether oxygens (including phenoxy) is 2. The molecule has 6 nitrogen and oxygen atoms in total. The molecule has 2 rings (SSSR count). The lowest BCUT2D eigenvalue weighted by Crippen LogP contribution is -2.47. The second-order valence-electron chi connectivity index (χ2n) is 7.15. The Morgan fingerprint density at radius 1 is 1.17 bits per heavy atom. The molecule has 1 saturated heterocycles. The lowest BCUT2D eigenvalue weighted by molar-refractivity contribution is 0.00991. The highest BCUT2D eigenvalue weighted by Crippen LogP contribution is 2.15. The van der Waals surface area contributed by atoms with Crippen molar-refractivity contribution in [1.82, 2.24) is 10.2 Å². The summed E-state index contributed by atoms with van der Waals surface area (Å²) in [5, 5.41) is 3.54. The summed E-state index contributed by atoms with van der Waals surface area (Å²) in [6, 6.07) is 10.6. The number of likely N-dealkylation sites (tertiary alicyclic amines) is 1. The maximum atomic E-state index is 5.95. The number of methoxy groups -OCH3 is 1. The van der Waals surface area contributed by atoms with Crippen LogP contribution in [0.5, 0.6) is 0 Å². The van der Waals surface area contributed by atoms with Crippen molar-refractivity contribution in [2.45, 2.75) is 38.7 Å². The quantitative estimate of drug-likeness (QED) is 0.210. The highest BCUT2D eigenvalue weighted by Gasteiger charge is 2.21. The second-order valence-corrected chi connectivity index (χ2v) is 7.15. The molecule has 1 heterocycles. The summed E-state index contributed by atoms with van der Waals surface area (Å²) >= 11 is 0. The average molecular weight is 518 g/mol. The SMILES string of the molecule is CCN(CCCNC(=NC)N1CCC(OCCCOC)CC1)c1ccccc1.I. The van der Waals surface area contributed by atoms with Crippen molar-refractivity contribution in [3.05, 3.63) is 30.3 Å². The molecule has 1 aromatic carbocycles. The van der Waals surface area contributed by atoms with Gasteiger partial charge in [-0.2, -0.15) is 0 Å². The molecule has 1 N–H and O–H groups in total. The minimum atomic E-state index is 0. The van der Waals surface area contributed by atoms with Crippen LogP contribution in [0.15, 0.2) is 35.3 Å². The number of nitrogens with zero attached hydrogens (tertiary/aromatic N) is 3. The molecule has 0 aromatic heterocycles. The Morgan fingerprint density at radius 3 is 2.52 bits per heavy atom. The third-order valence-corrected chi connectivity index (χ3v) is 5.19. The summed E-state index contributed by atoms with van der Waals surface area (Å²) < 4.78 is 11.0. The highest BCUT2D eigenvalue weighted by atomic mass is 127. The van der Waals surface area contributed by atoms with Crippen molar-refractivity contribution in [1.29, 1.82) is 0 Å². The molecule has 1 aromatic rings. The maximum Gasteiger partial charge on any atom is 0.193 e. The molecule has 0 radical (unpaired) electrons. The molecule has 1 fully saturated rings. The summed E-state index contributed by atoms with van der Waals surface area (Å²) in [7, 11) is 3.61. The molecule has 166 valence electrons. The van der Waals surface area contributed by atoms with E-state index in [1.54, 1.807) is 7.11 Å². The maximum absolute atomic E-state index is 5.95. The minimum Gasteiger partial charge on any atom is -0.385 e. The molecule has 0 unspecified atom stereocenters. The molecular weight excluding hydrogens is 479 g/mol. The van der Waals surface area contributed by atoms with Crippen LogP contribution in [0, 0.1) is 0 Å². The van der Waals surface area contributed by atoms with Gasteiger partial charge in [0, 0.05) is 65.8 Å². The fraction of sp³-hybridized carbons (Fsp3) is 0.682. The molecule has 0 aliphatic carbocycles. The van der Waals surface area contributed by atoms with Crippen LogP contribution in [0.2, 0.25) is 0 Å². The number of rotatable bonds is 11. The molecule has 0 bridgehead atoms. The predicted molar refractivity (Wildman–Crippen MR) is 133 cm³/mol. The summed E-state index contributed by atoms with van der Waals surface area (Å²) in [4.78, 5) is 9.24. The first-order valence-electron chi connectivity index (χ1n) is 10.6. The molecule has 0 atom stereocenters. The third kappa shape index (κ3) is 9.53. The Balaban J connectivity index is 0.00000420. The zero-order valence-electron chi connectivity index (χ0n) is 18.3. The van der Waals surface area contributed by atoms with E-state index in [1.807, 2.05) is 7.05 Å². The summed E-state index contributed by atoms with van der Waals surface area (Å²) in [5.41, 5.74) is 1.29. The van der Waals surface area contributed by atoms with E-state index in [-0.39, 0.29) is 24.0 Å². The lowest BCUT2D eigenvalue weighted by Gasteiger charge is -2.34. The number of aliphatic imine (C=N–C) groups is 1. The first-order valence-corrected chi connectivity index (χ1v) is 10.6. The first kappa shape index (κ1) is 26.0. The second kappa shape index (κ2) is 15.7. The Morgan fingerprint density at radius 2 is 1.90 bits per heavy atom. The number of hydrogen-bond acceptors (Lipinski definition) is 4. The number of benzene rings is 1. The molecule has 1 aliphatic rings. The minimum absolute atomic E-state index is 0. The topological polar surface area (TPSA) is 49.3 Å². The Bertz CT molecular complexity index is 551. The van der Waals surface area contributed by atoms with Crippen molar-refractivity contribution in [3.63, 3.8) is 0 Å². The number of nitrogens with one attached hydrogen (secondary N) is 1. The van der Waals surface area contributed by atoms with E-state index in [2.05, 4.69) is 57.4 Å². The third-order valence-electron chi connectivity index (χ3n) is 5.19. The van der Waals surface area contributed by atoms with E-state index in [4.69, 9.17) is 9.47 Å². The Kier molecular flexibility index (Phi) is 14.1. The number of halogens is 1. The van der Waals surface area contributed by atoms with Crippen LogP contribution in [0.4, 0.5) is 5.69 Å². The molecule has 0 amide bonds. The smallest absolute Gasteiger partial charge is 0.193 e. The molecular formula is C22H39IN4O2. The highest BCUT2D eigenvalue weighted by molar-refractivity contribution is 14.0. The van der Waals surface area contributed by atoms with E-state index in [0.29, 0.717) is 6.10 Å². The number of para-hydroxylation sites is 1. The van der Waals surface area contributed by atoms with Gasteiger partial charge in [0.1, 0.15) is 0 Å².